The van der Waals surface area contributed by atoms with Crippen molar-refractivity contribution in [1.82, 2.24) is 9.78 Å². The molecule has 1 aliphatic carbocycles. The highest BCUT2D eigenvalue weighted by atomic mass is 32.1. The highest BCUT2D eigenvalue weighted by Gasteiger charge is 2.41. The van der Waals surface area contributed by atoms with Crippen LogP contribution in [-0.2, 0) is 4.79 Å². The van der Waals surface area contributed by atoms with Crippen LogP contribution in [0, 0.1) is 20.8 Å². The SMILES string of the molecule is Cc1ccc([C@@H]2C3=C(C[C@H](c4cccs4)CC3=O)Nc3c2c(C)nn3-c2ccccc2C(=O)O)cc1C. The summed E-state index contributed by atoms with van der Waals surface area (Å²) in [5, 5.41) is 20.3. The van der Waals surface area contributed by atoms with Gasteiger partial charge in [0.15, 0.2) is 5.78 Å². The van der Waals surface area contributed by atoms with Gasteiger partial charge in [-0.15, -0.1) is 11.3 Å². The van der Waals surface area contributed by atoms with Crippen LogP contribution >= 0.6 is 11.3 Å². The number of carbonyl (C=O) groups is 2. The number of ketones is 1. The second-order valence-corrected chi connectivity index (χ2v) is 10.9. The fraction of sp³-hybridized carbons (Fsp3) is 0.233. The number of carboxylic acids is 1. The van der Waals surface area contributed by atoms with E-state index >= 15 is 0 Å². The number of hydrogen-bond acceptors (Lipinski definition) is 5. The molecule has 0 fully saturated rings. The number of nitrogens with zero attached hydrogens (tertiary/aromatic N) is 2. The van der Waals surface area contributed by atoms with Crippen molar-refractivity contribution in [1.29, 1.82) is 0 Å². The van der Waals surface area contributed by atoms with Crippen molar-refractivity contribution < 1.29 is 14.7 Å². The zero-order chi connectivity index (χ0) is 25.8. The van der Waals surface area contributed by atoms with Crippen LogP contribution in [0.1, 0.15) is 67.9 Å². The number of carboxylic acid groups (broad SMARTS) is 1. The average Bonchev–Trinajstić information content (AvgIpc) is 3.53. The van der Waals surface area contributed by atoms with E-state index in [0.29, 0.717) is 18.5 Å². The number of aromatic nitrogens is 2. The number of fused-ring (bicyclic) bond motifs is 1. The topological polar surface area (TPSA) is 84.2 Å². The van der Waals surface area contributed by atoms with Gasteiger partial charge in [-0.25, -0.2) is 9.48 Å². The maximum Gasteiger partial charge on any atom is 0.337 e. The molecule has 0 bridgehead atoms. The van der Waals surface area contributed by atoms with E-state index in [2.05, 4.69) is 48.8 Å². The third-order valence-electron chi connectivity index (χ3n) is 7.63. The lowest BCUT2D eigenvalue weighted by Crippen LogP contribution is -2.30. The Balaban J connectivity index is 1.58. The van der Waals surface area contributed by atoms with Crippen molar-refractivity contribution in [3.05, 3.63) is 110 Å². The summed E-state index contributed by atoms with van der Waals surface area (Å²) in [6, 6.07) is 17.4. The van der Waals surface area contributed by atoms with Crippen molar-refractivity contribution in [2.24, 2.45) is 0 Å². The first-order chi connectivity index (χ1) is 17.8. The Bertz CT molecular complexity index is 1600. The molecule has 0 radical (unpaired) electrons. The molecule has 0 saturated carbocycles. The number of thiophene rings is 1. The van der Waals surface area contributed by atoms with Crippen LogP contribution in [0.25, 0.3) is 5.69 Å². The Kier molecular flexibility index (Phi) is 5.60. The van der Waals surface area contributed by atoms with Crippen molar-refractivity contribution >= 4 is 28.9 Å². The number of hydrogen-bond donors (Lipinski definition) is 2. The molecule has 0 unspecified atom stereocenters. The van der Waals surface area contributed by atoms with Crippen LogP contribution in [0.2, 0.25) is 0 Å². The minimum absolute atomic E-state index is 0.115. The Hall–Kier alpha value is -3.97. The van der Waals surface area contributed by atoms with Crippen LogP contribution in [0.15, 0.2) is 71.2 Å². The van der Waals surface area contributed by atoms with Crippen LogP contribution in [-0.4, -0.2) is 26.6 Å². The van der Waals surface area contributed by atoms with Crippen LogP contribution < -0.4 is 5.32 Å². The number of anilines is 1. The number of aromatic carboxylic acids is 1. The van der Waals surface area contributed by atoms with Gasteiger partial charge >= 0.3 is 5.97 Å². The molecule has 2 atom stereocenters. The van der Waals surface area contributed by atoms with Crippen LogP contribution in [0.3, 0.4) is 0 Å². The van der Waals surface area contributed by atoms with E-state index in [1.807, 2.05) is 19.1 Å². The number of rotatable bonds is 4. The molecule has 37 heavy (non-hydrogen) atoms. The standard InChI is InChI=1S/C30H27N3O3S/c1-16-10-11-19(13-17(16)2)27-26-18(3)32-33(23-8-5-4-7-21(23)30(35)36)29(26)31-22-14-20(15-24(34)28(22)27)25-9-6-12-37-25/h4-13,20,27,31H,14-15H2,1-3H3,(H,35,36)/t20-,27-/m0/s1. The molecular formula is C30H27N3O3S. The molecule has 0 amide bonds. The third kappa shape index (κ3) is 3.81. The summed E-state index contributed by atoms with van der Waals surface area (Å²) in [5.41, 5.74) is 7.48. The van der Waals surface area contributed by atoms with Gasteiger partial charge in [-0.05, 0) is 67.5 Å². The van der Waals surface area contributed by atoms with Crippen molar-refractivity contribution in [2.75, 3.05) is 5.32 Å². The lowest BCUT2D eigenvalue weighted by molar-refractivity contribution is -0.116. The molecule has 0 spiro atoms. The number of aryl methyl sites for hydroxylation is 3. The molecule has 2 aliphatic rings. The first kappa shape index (κ1) is 23.4. The van der Waals surface area contributed by atoms with Gasteiger partial charge < -0.3 is 10.4 Å². The van der Waals surface area contributed by atoms with Gasteiger partial charge in [-0.1, -0.05) is 36.4 Å². The minimum Gasteiger partial charge on any atom is -0.478 e. The van der Waals surface area contributed by atoms with Crippen molar-refractivity contribution in [2.45, 2.75) is 45.4 Å². The fourth-order valence-electron chi connectivity index (χ4n) is 5.69. The van der Waals surface area contributed by atoms with E-state index in [1.165, 1.54) is 16.0 Å². The zero-order valence-corrected chi connectivity index (χ0v) is 21.7. The first-order valence-corrected chi connectivity index (χ1v) is 13.3. The van der Waals surface area contributed by atoms with Gasteiger partial charge in [0.1, 0.15) is 5.82 Å². The number of nitrogens with one attached hydrogen (secondary N) is 1. The van der Waals surface area contributed by atoms with Gasteiger partial charge in [0, 0.05) is 40.0 Å². The molecule has 1 aliphatic heterocycles. The Morgan fingerprint density at radius 2 is 1.86 bits per heavy atom. The van der Waals surface area contributed by atoms with Crippen molar-refractivity contribution in [3.63, 3.8) is 0 Å². The van der Waals surface area contributed by atoms with Gasteiger partial charge in [0.05, 0.1) is 16.9 Å². The summed E-state index contributed by atoms with van der Waals surface area (Å²) in [6.45, 7) is 6.11. The molecular weight excluding hydrogens is 482 g/mol. The van der Waals surface area contributed by atoms with E-state index in [1.54, 1.807) is 34.2 Å². The van der Waals surface area contributed by atoms with E-state index < -0.39 is 5.97 Å². The molecule has 2 aromatic heterocycles. The monoisotopic (exact) mass is 509 g/mol. The maximum absolute atomic E-state index is 13.8. The van der Waals surface area contributed by atoms with E-state index in [0.717, 1.165) is 33.9 Å². The van der Waals surface area contributed by atoms with Crippen LogP contribution in [0.5, 0.6) is 0 Å². The average molecular weight is 510 g/mol. The largest absolute Gasteiger partial charge is 0.478 e. The van der Waals surface area contributed by atoms with Gasteiger partial charge in [-0.3, -0.25) is 4.79 Å². The summed E-state index contributed by atoms with van der Waals surface area (Å²) in [4.78, 5) is 27.1. The lowest BCUT2D eigenvalue weighted by Gasteiger charge is -2.35. The summed E-state index contributed by atoms with van der Waals surface area (Å²) < 4.78 is 1.70. The van der Waals surface area contributed by atoms with Gasteiger partial charge in [-0.2, -0.15) is 5.10 Å². The first-order valence-electron chi connectivity index (χ1n) is 12.4. The Labute approximate surface area is 219 Å². The Morgan fingerprint density at radius 1 is 1.05 bits per heavy atom. The number of benzene rings is 2. The molecule has 2 aromatic carbocycles. The van der Waals surface area contributed by atoms with Crippen LogP contribution in [0.4, 0.5) is 5.82 Å². The summed E-state index contributed by atoms with van der Waals surface area (Å²) in [5.74, 6) is -0.283. The lowest BCUT2D eigenvalue weighted by atomic mass is 9.73. The number of allylic oxidation sites excluding steroid dienone is 2. The normalized spacial score (nSPS) is 18.8. The van der Waals surface area contributed by atoms with E-state index in [4.69, 9.17) is 5.10 Å². The third-order valence-corrected chi connectivity index (χ3v) is 8.67. The highest BCUT2D eigenvalue weighted by molar-refractivity contribution is 7.10. The molecule has 186 valence electrons. The minimum atomic E-state index is -1.01. The Morgan fingerprint density at radius 3 is 2.59 bits per heavy atom. The van der Waals surface area contributed by atoms with E-state index in [-0.39, 0.29) is 23.2 Å². The van der Waals surface area contributed by atoms with Gasteiger partial charge in [0.25, 0.3) is 0 Å². The predicted molar refractivity (Wildman–Crippen MR) is 145 cm³/mol. The molecule has 6 nitrogen and oxygen atoms in total. The summed E-state index contributed by atoms with van der Waals surface area (Å²) in [6.07, 6.45) is 1.19. The highest BCUT2D eigenvalue weighted by Crippen LogP contribution is 2.50. The molecule has 0 saturated heterocycles. The second-order valence-electron chi connectivity index (χ2n) is 9.92. The molecule has 7 heteroatoms. The number of carbonyl (C=O) groups excluding carboxylic acids is 1. The summed E-state index contributed by atoms with van der Waals surface area (Å²) in [7, 11) is 0. The quantitative estimate of drug-likeness (QED) is 0.327. The fourth-order valence-corrected chi connectivity index (χ4v) is 6.52. The van der Waals surface area contributed by atoms with E-state index in [9.17, 15) is 14.7 Å². The zero-order valence-electron chi connectivity index (χ0n) is 20.9. The van der Waals surface area contributed by atoms with Gasteiger partial charge in [0.2, 0.25) is 0 Å². The predicted octanol–water partition coefficient (Wildman–Crippen LogP) is 6.52. The smallest absolute Gasteiger partial charge is 0.337 e. The molecule has 3 heterocycles. The maximum atomic E-state index is 13.8. The molecule has 6 rings (SSSR count). The molecule has 2 N–H and O–H groups in total. The number of para-hydroxylation sites is 1. The second kappa shape index (κ2) is 8.85. The van der Waals surface area contributed by atoms with Crippen molar-refractivity contribution in [3.8, 4) is 5.69 Å². The number of Topliss-reactive ketones (excluding diaryl/α,β-unsaturated/α-hetero) is 1. The molecule has 4 aromatic rings. The summed E-state index contributed by atoms with van der Waals surface area (Å²) >= 11 is 1.68.